The number of halogens is 14. The van der Waals surface area contributed by atoms with Gasteiger partial charge < -0.3 is 18.9 Å². The third-order valence-electron chi connectivity index (χ3n) is 12.1. The maximum Gasteiger partial charge on any atom is 0.432 e. The van der Waals surface area contributed by atoms with Gasteiger partial charge in [0.1, 0.15) is 57.4 Å². The molecule has 0 spiro atoms. The summed E-state index contributed by atoms with van der Waals surface area (Å²) >= 11 is 0. The van der Waals surface area contributed by atoms with Crippen molar-refractivity contribution in [1.82, 2.24) is 0 Å². The average molecular weight is 967 g/mol. The summed E-state index contributed by atoms with van der Waals surface area (Å²) in [4.78, 5) is 0. The highest BCUT2D eigenvalue weighted by atomic mass is 19.3. The Hall–Kier alpha value is -6.46. The molecule has 18 heteroatoms. The van der Waals surface area contributed by atoms with Crippen LogP contribution in [-0.4, -0.2) is 13.2 Å². The van der Waals surface area contributed by atoms with Crippen LogP contribution >= 0.6 is 0 Å². The fourth-order valence-corrected chi connectivity index (χ4v) is 8.78. The van der Waals surface area contributed by atoms with E-state index in [2.05, 4.69) is 16.4 Å². The molecular weight excluding hydrogens is 931 g/mol. The van der Waals surface area contributed by atoms with E-state index < -0.39 is 93.0 Å². The number of ether oxygens (including phenoxy) is 4. The summed E-state index contributed by atoms with van der Waals surface area (Å²) in [6.45, 7) is 2.43. The standard InChI is InChI=1S/C50H36F14O4/c1-2-3-24-4-6-25(7-5-24)30-22-65-43-10-8-26(28-14-35(51)45(36(52)15-28)49(61,62)67-31-18-39(55)47(59)40(56)19-31)12-33(43)34-13-27(9-11-44(34)66-23-30)29-16-37(53)46(38(54)17-29)50(63,64)68-32-20-41(57)48(60)42(58)21-32/h8-21,24-25,30H,2-7,22-23H2,1H3. The first-order valence-electron chi connectivity index (χ1n) is 21.2. The molecule has 1 heterocycles. The van der Waals surface area contributed by atoms with Crippen molar-refractivity contribution in [3.05, 3.63) is 154 Å². The minimum absolute atomic E-state index is 0.00889. The maximum atomic E-state index is 15.6. The SMILES string of the molecule is CCCC1CCC(C2COc3ccc(-c4cc(F)c(C(F)(F)Oc5cc(F)c(F)c(F)c5)c(F)c4)cc3-c3cc(-c4cc(F)c(C(F)(F)Oc5cc(F)c(F)c(F)c5)c(F)c4)ccc3OC2)CC1. The Balaban J connectivity index is 1.17. The summed E-state index contributed by atoms with van der Waals surface area (Å²) in [7, 11) is 0. The lowest BCUT2D eigenvalue weighted by Gasteiger charge is -2.33. The Morgan fingerprint density at radius 2 is 0.824 bits per heavy atom. The number of fused-ring (bicyclic) bond motifs is 3. The van der Waals surface area contributed by atoms with Crippen LogP contribution in [-0.2, 0) is 12.2 Å². The Morgan fingerprint density at radius 3 is 1.18 bits per heavy atom. The molecule has 2 aliphatic rings. The van der Waals surface area contributed by atoms with Crippen molar-refractivity contribution in [3.8, 4) is 56.4 Å². The summed E-state index contributed by atoms with van der Waals surface area (Å²) < 4.78 is 226. The number of alkyl halides is 4. The fraction of sp³-hybridized carbons (Fsp3) is 0.280. The van der Waals surface area contributed by atoms with Crippen molar-refractivity contribution in [2.24, 2.45) is 17.8 Å². The van der Waals surface area contributed by atoms with Crippen molar-refractivity contribution in [3.63, 3.8) is 0 Å². The van der Waals surface area contributed by atoms with Crippen molar-refractivity contribution in [2.75, 3.05) is 13.2 Å². The van der Waals surface area contributed by atoms with E-state index in [0.717, 1.165) is 38.5 Å². The number of hydrogen-bond donors (Lipinski definition) is 0. The van der Waals surface area contributed by atoms with E-state index in [1.54, 1.807) is 0 Å². The maximum absolute atomic E-state index is 15.6. The van der Waals surface area contributed by atoms with Crippen molar-refractivity contribution in [1.29, 1.82) is 0 Å². The number of benzene rings is 6. The molecule has 0 N–H and O–H groups in total. The largest absolute Gasteiger partial charge is 0.493 e. The van der Waals surface area contributed by atoms with Gasteiger partial charge in [0.15, 0.2) is 34.9 Å². The first-order chi connectivity index (χ1) is 32.2. The minimum Gasteiger partial charge on any atom is -0.493 e. The van der Waals surface area contributed by atoms with E-state index in [1.807, 2.05) is 0 Å². The van der Waals surface area contributed by atoms with Crippen LogP contribution in [0.3, 0.4) is 0 Å². The third kappa shape index (κ3) is 9.77. The molecule has 0 radical (unpaired) electrons. The van der Waals surface area contributed by atoms with E-state index in [1.165, 1.54) is 36.4 Å². The van der Waals surface area contributed by atoms with E-state index in [0.29, 0.717) is 30.2 Å². The first-order valence-corrected chi connectivity index (χ1v) is 21.2. The van der Waals surface area contributed by atoms with Crippen LogP contribution in [0, 0.1) is 75.9 Å². The molecule has 0 bridgehead atoms. The van der Waals surface area contributed by atoms with Gasteiger partial charge in [-0.05, 0) is 95.5 Å². The van der Waals surface area contributed by atoms with Gasteiger partial charge in [-0.15, -0.1) is 0 Å². The molecule has 0 saturated heterocycles. The quantitative estimate of drug-likeness (QED) is 0.0958. The molecule has 6 aromatic carbocycles. The Bertz CT molecular complexity index is 2610. The van der Waals surface area contributed by atoms with Gasteiger partial charge in [-0.1, -0.05) is 44.7 Å². The molecule has 358 valence electrons. The summed E-state index contributed by atoms with van der Waals surface area (Å²) in [6.07, 6.45) is -3.76. The van der Waals surface area contributed by atoms with Crippen LogP contribution in [0.2, 0.25) is 0 Å². The van der Waals surface area contributed by atoms with Gasteiger partial charge >= 0.3 is 12.2 Å². The molecule has 0 unspecified atom stereocenters. The highest BCUT2D eigenvalue weighted by molar-refractivity contribution is 5.84. The van der Waals surface area contributed by atoms with Gasteiger partial charge in [0.2, 0.25) is 0 Å². The summed E-state index contributed by atoms with van der Waals surface area (Å²) in [5, 5.41) is 0. The van der Waals surface area contributed by atoms with Crippen LogP contribution in [0.25, 0.3) is 33.4 Å². The second-order valence-electron chi connectivity index (χ2n) is 16.6. The molecule has 0 amide bonds. The van der Waals surface area contributed by atoms with E-state index in [4.69, 9.17) is 9.47 Å². The number of hydrogen-bond acceptors (Lipinski definition) is 4. The van der Waals surface area contributed by atoms with Crippen LogP contribution in [0.15, 0.2) is 84.9 Å². The molecular formula is C50H36F14O4. The lowest BCUT2D eigenvalue weighted by Crippen LogP contribution is -2.30. The fourth-order valence-electron chi connectivity index (χ4n) is 8.78. The average Bonchev–Trinajstić information content (AvgIpc) is 3.34. The minimum atomic E-state index is -4.87. The van der Waals surface area contributed by atoms with Crippen molar-refractivity contribution < 1.29 is 80.4 Å². The van der Waals surface area contributed by atoms with Gasteiger partial charge in [-0.3, -0.25) is 0 Å². The smallest absolute Gasteiger partial charge is 0.432 e. The van der Waals surface area contributed by atoms with Crippen LogP contribution in [0.4, 0.5) is 61.5 Å². The van der Waals surface area contributed by atoms with Gasteiger partial charge in [-0.2, -0.15) is 17.6 Å². The monoisotopic (exact) mass is 966 g/mol. The van der Waals surface area contributed by atoms with E-state index >= 15 is 35.1 Å². The summed E-state index contributed by atoms with van der Waals surface area (Å²) in [5.74, 6) is -20.5. The third-order valence-corrected chi connectivity index (χ3v) is 12.1. The topological polar surface area (TPSA) is 36.9 Å². The van der Waals surface area contributed by atoms with Gasteiger partial charge in [-0.25, -0.2) is 43.9 Å². The molecule has 1 saturated carbocycles. The molecule has 1 fully saturated rings. The van der Waals surface area contributed by atoms with Crippen LogP contribution in [0.5, 0.6) is 23.0 Å². The first kappa shape index (κ1) is 48.0. The highest BCUT2D eigenvalue weighted by Crippen LogP contribution is 2.46. The van der Waals surface area contributed by atoms with Crippen LogP contribution < -0.4 is 18.9 Å². The summed E-state index contributed by atoms with van der Waals surface area (Å²) in [6, 6.07) is 10.8. The molecule has 1 aliphatic carbocycles. The predicted molar refractivity (Wildman–Crippen MR) is 219 cm³/mol. The zero-order valence-electron chi connectivity index (χ0n) is 35.4. The second-order valence-corrected chi connectivity index (χ2v) is 16.6. The molecule has 0 atom stereocenters. The van der Waals surface area contributed by atoms with Crippen molar-refractivity contribution in [2.45, 2.75) is 57.7 Å². The van der Waals surface area contributed by atoms with Crippen molar-refractivity contribution >= 4 is 0 Å². The molecule has 4 nitrogen and oxygen atoms in total. The summed E-state index contributed by atoms with van der Waals surface area (Å²) in [5.41, 5.74) is -4.15. The molecule has 6 aromatic rings. The molecule has 68 heavy (non-hydrogen) atoms. The van der Waals surface area contributed by atoms with Gasteiger partial charge in [0, 0.05) is 41.3 Å². The lowest BCUT2D eigenvalue weighted by atomic mass is 9.75. The van der Waals surface area contributed by atoms with Crippen LogP contribution in [0.1, 0.15) is 56.6 Å². The zero-order chi connectivity index (χ0) is 48.8. The van der Waals surface area contributed by atoms with Gasteiger partial charge in [0.25, 0.3) is 0 Å². The molecule has 8 rings (SSSR count). The molecule has 0 aromatic heterocycles. The Kier molecular flexibility index (Phi) is 13.3. The van der Waals surface area contributed by atoms with E-state index in [9.17, 15) is 26.3 Å². The Morgan fingerprint density at radius 1 is 0.456 bits per heavy atom. The van der Waals surface area contributed by atoms with Gasteiger partial charge in [0.05, 0.1) is 13.2 Å². The predicted octanol–water partition coefficient (Wildman–Crippen LogP) is 15.3. The molecule has 1 aliphatic heterocycles. The highest BCUT2D eigenvalue weighted by Gasteiger charge is 2.43. The normalized spacial score (nSPS) is 16.7. The lowest BCUT2D eigenvalue weighted by molar-refractivity contribution is -0.190. The zero-order valence-corrected chi connectivity index (χ0v) is 35.4. The number of rotatable bonds is 11. The van der Waals surface area contributed by atoms with E-state index in [-0.39, 0.29) is 94.2 Å². The second kappa shape index (κ2) is 18.9. The Labute approximate surface area is 379 Å².